The van der Waals surface area contributed by atoms with Crippen molar-refractivity contribution in [3.05, 3.63) is 58.2 Å². The van der Waals surface area contributed by atoms with Crippen molar-refractivity contribution in [3.63, 3.8) is 0 Å². The fourth-order valence-electron chi connectivity index (χ4n) is 3.75. The first kappa shape index (κ1) is 21.4. The van der Waals surface area contributed by atoms with E-state index in [2.05, 4.69) is 27.7 Å². The molecule has 0 unspecified atom stereocenters. The van der Waals surface area contributed by atoms with E-state index < -0.39 is 5.83 Å². The van der Waals surface area contributed by atoms with Gasteiger partial charge in [-0.25, -0.2) is 8.78 Å². The van der Waals surface area contributed by atoms with Gasteiger partial charge in [-0.15, -0.1) is 0 Å². The van der Waals surface area contributed by atoms with E-state index in [1.807, 2.05) is 19.1 Å². The van der Waals surface area contributed by atoms with Crippen LogP contribution in [-0.4, -0.2) is 5.11 Å². The maximum atomic E-state index is 14.9. The van der Waals surface area contributed by atoms with E-state index in [0.717, 1.165) is 18.4 Å². The summed E-state index contributed by atoms with van der Waals surface area (Å²) in [6.07, 6.45) is 5.25. The molecule has 0 radical (unpaired) electrons. The zero-order chi connectivity index (χ0) is 20.6. The molecule has 0 aliphatic heterocycles. The van der Waals surface area contributed by atoms with Crippen LogP contribution in [0.1, 0.15) is 84.4 Å². The van der Waals surface area contributed by atoms with Crippen LogP contribution in [0, 0.1) is 0 Å². The van der Waals surface area contributed by atoms with Crippen molar-refractivity contribution in [1.29, 1.82) is 0 Å². The molecular weight excluding hydrogens is 342 g/mol. The topological polar surface area (TPSA) is 20.2 Å². The third kappa shape index (κ3) is 4.34. The molecule has 27 heavy (non-hydrogen) atoms. The van der Waals surface area contributed by atoms with Gasteiger partial charge in [-0.3, -0.25) is 0 Å². The highest BCUT2D eigenvalue weighted by Crippen LogP contribution is 2.48. The lowest BCUT2D eigenvalue weighted by Gasteiger charge is -2.42. The van der Waals surface area contributed by atoms with E-state index in [9.17, 15) is 13.9 Å². The van der Waals surface area contributed by atoms with Gasteiger partial charge < -0.3 is 5.11 Å². The molecule has 0 aromatic heterocycles. The molecule has 1 N–H and O–H groups in total. The highest BCUT2D eigenvalue weighted by atomic mass is 19.1. The van der Waals surface area contributed by atoms with Crippen LogP contribution < -0.4 is 0 Å². The Morgan fingerprint density at radius 3 is 2.00 bits per heavy atom. The molecule has 0 saturated carbocycles. The summed E-state index contributed by atoms with van der Waals surface area (Å²) in [5, 5.41) is 10.7. The number of hydrogen-bond acceptors (Lipinski definition) is 1. The summed E-state index contributed by atoms with van der Waals surface area (Å²) < 4.78 is 28.1. The second kappa shape index (κ2) is 7.61. The van der Waals surface area contributed by atoms with Crippen molar-refractivity contribution < 1.29 is 13.9 Å². The van der Waals surface area contributed by atoms with Gasteiger partial charge in [0.2, 0.25) is 0 Å². The number of halogens is 2. The van der Waals surface area contributed by atoms with Gasteiger partial charge in [-0.05, 0) is 84.4 Å². The molecular formula is C24H32F2O. The number of hydrogen-bond donors (Lipinski definition) is 1. The molecule has 1 aliphatic carbocycles. The molecule has 148 valence electrons. The molecule has 1 aromatic rings. The minimum absolute atomic E-state index is 0.0179. The molecule has 0 amide bonds. The van der Waals surface area contributed by atoms with E-state index >= 15 is 0 Å². The maximum Gasteiger partial charge on any atom is 0.127 e. The van der Waals surface area contributed by atoms with Crippen LogP contribution in [0.2, 0.25) is 0 Å². The van der Waals surface area contributed by atoms with E-state index in [0.29, 0.717) is 23.1 Å². The molecule has 1 aromatic carbocycles. The number of allylic oxidation sites excluding steroid dienone is 6. The molecule has 0 spiro atoms. The SMILES string of the molecule is CC/C(=C(F)/C=C/C(C)=C(C)F)c1cc2c(cc1O)C(C)(C)CCC2(C)C. The third-order valence-electron chi connectivity index (χ3n) is 5.96. The van der Waals surface area contributed by atoms with Crippen molar-refractivity contribution in [3.8, 4) is 5.75 Å². The monoisotopic (exact) mass is 374 g/mol. The second-order valence-electron chi connectivity index (χ2n) is 8.91. The van der Waals surface area contributed by atoms with Crippen LogP contribution in [0.5, 0.6) is 5.75 Å². The summed E-state index contributed by atoms with van der Waals surface area (Å²) in [5.41, 5.74) is 3.62. The second-order valence-corrected chi connectivity index (χ2v) is 8.91. The summed E-state index contributed by atoms with van der Waals surface area (Å²) in [5.74, 6) is -0.673. The first-order valence-corrected chi connectivity index (χ1v) is 9.68. The largest absolute Gasteiger partial charge is 0.507 e. The van der Waals surface area contributed by atoms with Crippen molar-refractivity contribution >= 4 is 5.57 Å². The number of rotatable bonds is 4. The van der Waals surface area contributed by atoms with Crippen LogP contribution in [0.3, 0.4) is 0 Å². The molecule has 0 bridgehead atoms. The summed E-state index contributed by atoms with van der Waals surface area (Å²) >= 11 is 0. The fourth-order valence-corrected chi connectivity index (χ4v) is 3.75. The maximum absolute atomic E-state index is 14.9. The standard InChI is InChI=1S/C24H32F2O/c1-8-17(21(26)10-9-15(2)16(3)25)18-13-19-20(14-22(18)27)24(6,7)12-11-23(19,4)5/h9-10,13-14,27H,8,11-12H2,1-7H3/b10-9+,16-15?,21-17+. The number of phenols is 1. The average molecular weight is 375 g/mol. The normalized spacial score (nSPS) is 20.2. The Bertz CT molecular complexity index is 819. The van der Waals surface area contributed by atoms with Crippen molar-refractivity contribution in [2.75, 3.05) is 0 Å². The lowest BCUT2D eigenvalue weighted by molar-refractivity contribution is 0.329. The Kier molecular flexibility index (Phi) is 6.03. The molecule has 0 atom stereocenters. The van der Waals surface area contributed by atoms with Crippen LogP contribution in [0.15, 0.2) is 41.5 Å². The lowest BCUT2D eigenvalue weighted by Crippen LogP contribution is -2.33. The molecule has 0 fully saturated rings. The molecule has 2 rings (SSSR count). The van der Waals surface area contributed by atoms with Gasteiger partial charge in [0, 0.05) is 5.56 Å². The van der Waals surface area contributed by atoms with Crippen LogP contribution in [-0.2, 0) is 10.8 Å². The lowest BCUT2D eigenvalue weighted by atomic mass is 9.62. The summed E-state index contributed by atoms with van der Waals surface area (Å²) in [7, 11) is 0. The van der Waals surface area contributed by atoms with Crippen molar-refractivity contribution in [1.82, 2.24) is 0 Å². The highest BCUT2D eigenvalue weighted by molar-refractivity contribution is 5.75. The average Bonchev–Trinajstić information content (AvgIpc) is 2.58. The van der Waals surface area contributed by atoms with Gasteiger partial charge in [0.1, 0.15) is 11.6 Å². The Hall–Kier alpha value is -1.90. The van der Waals surface area contributed by atoms with E-state index in [1.54, 1.807) is 6.92 Å². The highest BCUT2D eigenvalue weighted by Gasteiger charge is 2.38. The fraction of sp³-hybridized carbons (Fsp3) is 0.500. The van der Waals surface area contributed by atoms with Gasteiger partial charge in [-0.2, -0.15) is 0 Å². The molecule has 0 heterocycles. The predicted octanol–water partition coefficient (Wildman–Crippen LogP) is 7.65. The molecule has 3 heteroatoms. The molecule has 0 saturated heterocycles. The Morgan fingerprint density at radius 2 is 1.52 bits per heavy atom. The predicted molar refractivity (Wildman–Crippen MR) is 110 cm³/mol. The Morgan fingerprint density at radius 1 is 1.00 bits per heavy atom. The van der Waals surface area contributed by atoms with Gasteiger partial charge in [0.05, 0.1) is 5.83 Å². The van der Waals surface area contributed by atoms with Crippen LogP contribution in [0.25, 0.3) is 5.57 Å². The number of fused-ring (bicyclic) bond motifs is 1. The van der Waals surface area contributed by atoms with Crippen LogP contribution >= 0.6 is 0 Å². The zero-order valence-corrected chi connectivity index (χ0v) is 17.6. The first-order valence-electron chi connectivity index (χ1n) is 9.68. The van der Waals surface area contributed by atoms with E-state index in [1.165, 1.54) is 24.6 Å². The molecule has 1 nitrogen and oxygen atoms in total. The van der Waals surface area contributed by atoms with Gasteiger partial charge >= 0.3 is 0 Å². The van der Waals surface area contributed by atoms with E-state index in [-0.39, 0.29) is 22.4 Å². The first-order chi connectivity index (χ1) is 12.4. The Labute approximate surface area is 162 Å². The smallest absolute Gasteiger partial charge is 0.127 e. The third-order valence-corrected chi connectivity index (χ3v) is 5.96. The van der Waals surface area contributed by atoms with Gasteiger partial charge in [-0.1, -0.05) is 40.7 Å². The Balaban J connectivity index is 2.64. The number of benzene rings is 1. The quantitative estimate of drug-likeness (QED) is 0.537. The zero-order valence-electron chi connectivity index (χ0n) is 17.6. The summed E-state index contributed by atoms with van der Waals surface area (Å²) in [6.45, 7) is 13.6. The van der Waals surface area contributed by atoms with E-state index in [4.69, 9.17) is 0 Å². The summed E-state index contributed by atoms with van der Waals surface area (Å²) in [6, 6.07) is 3.77. The number of phenolic OH excluding ortho intramolecular Hbond substituents is 1. The van der Waals surface area contributed by atoms with Gasteiger partial charge in [0.25, 0.3) is 0 Å². The van der Waals surface area contributed by atoms with Crippen molar-refractivity contribution in [2.24, 2.45) is 0 Å². The number of aromatic hydroxyl groups is 1. The van der Waals surface area contributed by atoms with Crippen molar-refractivity contribution in [2.45, 2.75) is 78.6 Å². The van der Waals surface area contributed by atoms with Crippen LogP contribution in [0.4, 0.5) is 8.78 Å². The summed E-state index contributed by atoms with van der Waals surface area (Å²) in [4.78, 5) is 0. The minimum atomic E-state index is -0.443. The van der Waals surface area contributed by atoms with Gasteiger partial charge in [0.15, 0.2) is 0 Å². The molecule has 1 aliphatic rings. The minimum Gasteiger partial charge on any atom is -0.507 e.